The largest absolute Gasteiger partial charge is 0.506 e. The first-order valence-corrected chi connectivity index (χ1v) is 10.1. The highest BCUT2D eigenvalue weighted by molar-refractivity contribution is 6.12. The van der Waals surface area contributed by atoms with E-state index in [1.807, 2.05) is 31.2 Å². The summed E-state index contributed by atoms with van der Waals surface area (Å²) < 4.78 is 0. The van der Waals surface area contributed by atoms with Crippen LogP contribution in [0.4, 0.5) is 0 Å². The van der Waals surface area contributed by atoms with Gasteiger partial charge in [-0.2, -0.15) is 0 Å². The van der Waals surface area contributed by atoms with Crippen LogP contribution in [0.1, 0.15) is 66.6 Å². The first kappa shape index (κ1) is 19.9. The first-order chi connectivity index (χ1) is 13.5. The van der Waals surface area contributed by atoms with Crippen molar-refractivity contribution in [1.82, 2.24) is 4.98 Å². The monoisotopic (exact) mass is 377 g/mol. The Labute approximate surface area is 165 Å². The van der Waals surface area contributed by atoms with Gasteiger partial charge in [0.25, 0.3) is 5.56 Å². The average molecular weight is 377 g/mol. The Hall–Kier alpha value is -2.88. The van der Waals surface area contributed by atoms with E-state index in [1.54, 1.807) is 18.2 Å². The fourth-order valence-corrected chi connectivity index (χ4v) is 3.48. The highest BCUT2D eigenvalue weighted by Crippen LogP contribution is 2.28. The molecule has 0 amide bonds. The molecule has 4 nitrogen and oxygen atoms in total. The van der Waals surface area contributed by atoms with E-state index in [0.29, 0.717) is 16.5 Å². The van der Waals surface area contributed by atoms with Crippen LogP contribution < -0.4 is 5.56 Å². The van der Waals surface area contributed by atoms with Gasteiger partial charge in [0.1, 0.15) is 11.3 Å². The van der Waals surface area contributed by atoms with Gasteiger partial charge in [-0.1, -0.05) is 63.4 Å². The summed E-state index contributed by atoms with van der Waals surface area (Å²) in [4.78, 5) is 28.1. The maximum Gasteiger partial charge on any atom is 0.263 e. The number of unbranched alkanes of at least 4 members (excludes halogenated alkanes) is 3. The number of aromatic hydroxyl groups is 1. The number of H-pyrrole nitrogens is 1. The van der Waals surface area contributed by atoms with E-state index in [9.17, 15) is 14.7 Å². The summed E-state index contributed by atoms with van der Waals surface area (Å²) in [6.07, 6.45) is 6.43. The molecule has 3 aromatic rings. The zero-order valence-electron chi connectivity index (χ0n) is 16.5. The maximum absolute atomic E-state index is 12.9. The second kappa shape index (κ2) is 8.87. The van der Waals surface area contributed by atoms with Crippen molar-refractivity contribution in [3.63, 3.8) is 0 Å². The zero-order chi connectivity index (χ0) is 20.1. The Kier molecular flexibility index (Phi) is 6.30. The number of fused-ring (bicyclic) bond motifs is 1. The highest BCUT2D eigenvalue weighted by Gasteiger charge is 2.20. The summed E-state index contributed by atoms with van der Waals surface area (Å²) in [6.45, 7) is 4.22. The third kappa shape index (κ3) is 4.16. The van der Waals surface area contributed by atoms with Crippen molar-refractivity contribution < 1.29 is 9.90 Å². The molecule has 0 bridgehead atoms. The smallest absolute Gasteiger partial charge is 0.263 e. The molecule has 4 heteroatoms. The van der Waals surface area contributed by atoms with Crippen molar-refractivity contribution in [3.05, 3.63) is 75.1 Å². The van der Waals surface area contributed by atoms with Crippen LogP contribution in [-0.4, -0.2) is 15.9 Å². The normalized spacial score (nSPS) is 11.1. The van der Waals surface area contributed by atoms with E-state index < -0.39 is 11.3 Å². The standard InChI is InChI=1S/C24H27NO3/c1-3-5-6-7-8-17-11-14-20-19(15-17)23(27)21(24(28)25-20)22(26)18-12-9-16(4-2)10-13-18/h9-15H,3-8H2,1-2H3,(H2,25,27,28). The van der Waals surface area contributed by atoms with E-state index in [4.69, 9.17) is 0 Å². The number of ketones is 1. The van der Waals surface area contributed by atoms with Crippen molar-refractivity contribution in [1.29, 1.82) is 0 Å². The van der Waals surface area contributed by atoms with Crippen LogP contribution in [-0.2, 0) is 12.8 Å². The van der Waals surface area contributed by atoms with Crippen LogP contribution in [0, 0.1) is 0 Å². The summed E-state index contributed by atoms with van der Waals surface area (Å²) in [7, 11) is 0. The summed E-state index contributed by atoms with van der Waals surface area (Å²) in [5.41, 5.74) is 2.38. The van der Waals surface area contributed by atoms with Gasteiger partial charge in [-0.15, -0.1) is 0 Å². The molecular formula is C24H27NO3. The molecule has 0 saturated heterocycles. The van der Waals surface area contributed by atoms with Gasteiger partial charge in [-0.3, -0.25) is 9.59 Å². The van der Waals surface area contributed by atoms with Crippen LogP contribution in [0.15, 0.2) is 47.3 Å². The minimum atomic E-state index is -0.565. The molecule has 0 aliphatic rings. The Balaban J connectivity index is 1.97. The molecule has 146 valence electrons. The lowest BCUT2D eigenvalue weighted by Crippen LogP contribution is -2.19. The number of benzene rings is 2. The lowest BCUT2D eigenvalue weighted by atomic mass is 9.98. The second-order valence-electron chi connectivity index (χ2n) is 7.25. The summed E-state index contributed by atoms with van der Waals surface area (Å²) in [5, 5.41) is 11.3. The van der Waals surface area contributed by atoms with Gasteiger partial charge >= 0.3 is 0 Å². The van der Waals surface area contributed by atoms with Gasteiger partial charge in [-0.05, 0) is 42.5 Å². The molecule has 0 unspecified atom stereocenters. The van der Waals surface area contributed by atoms with Gasteiger partial charge in [0.05, 0.1) is 5.52 Å². The predicted molar refractivity (Wildman–Crippen MR) is 113 cm³/mol. The quantitative estimate of drug-likeness (QED) is 0.421. The maximum atomic E-state index is 12.9. The van der Waals surface area contributed by atoms with Gasteiger partial charge in [-0.25, -0.2) is 0 Å². The molecule has 0 atom stereocenters. The zero-order valence-corrected chi connectivity index (χ0v) is 16.5. The fraction of sp³-hybridized carbons (Fsp3) is 0.333. The third-order valence-electron chi connectivity index (χ3n) is 5.22. The Morgan fingerprint density at radius 1 is 0.964 bits per heavy atom. The third-order valence-corrected chi connectivity index (χ3v) is 5.22. The SMILES string of the molecule is CCCCCCc1ccc2[nH]c(=O)c(C(=O)c3ccc(CC)cc3)c(O)c2c1. The van der Waals surface area contributed by atoms with Gasteiger partial charge in [0, 0.05) is 10.9 Å². The van der Waals surface area contributed by atoms with Gasteiger partial charge in [0.15, 0.2) is 0 Å². The molecule has 0 saturated carbocycles. The molecule has 2 aromatic carbocycles. The van der Waals surface area contributed by atoms with Crippen molar-refractivity contribution in [2.75, 3.05) is 0 Å². The molecule has 3 rings (SSSR count). The number of carbonyl (C=O) groups excluding carboxylic acids is 1. The Morgan fingerprint density at radius 3 is 2.36 bits per heavy atom. The van der Waals surface area contributed by atoms with Crippen molar-refractivity contribution in [2.24, 2.45) is 0 Å². The Bertz CT molecular complexity index is 1030. The van der Waals surface area contributed by atoms with Crippen LogP contribution >= 0.6 is 0 Å². The number of aromatic nitrogens is 1. The molecule has 0 fully saturated rings. The molecule has 1 aromatic heterocycles. The molecule has 28 heavy (non-hydrogen) atoms. The average Bonchev–Trinajstić information content (AvgIpc) is 2.71. The van der Waals surface area contributed by atoms with Crippen molar-refractivity contribution >= 4 is 16.7 Å². The highest BCUT2D eigenvalue weighted by atomic mass is 16.3. The van der Waals surface area contributed by atoms with Crippen LogP contribution in [0.3, 0.4) is 0 Å². The minimum absolute atomic E-state index is 0.195. The van der Waals surface area contributed by atoms with E-state index in [1.165, 1.54) is 19.3 Å². The number of pyridine rings is 1. The van der Waals surface area contributed by atoms with E-state index in [-0.39, 0.29) is 11.3 Å². The van der Waals surface area contributed by atoms with Crippen molar-refractivity contribution in [2.45, 2.75) is 52.4 Å². The first-order valence-electron chi connectivity index (χ1n) is 10.1. The number of aryl methyl sites for hydroxylation is 2. The van der Waals surface area contributed by atoms with Crippen molar-refractivity contribution in [3.8, 4) is 5.75 Å². The summed E-state index contributed by atoms with van der Waals surface area (Å²) in [6, 6.07) is 12.8. The minimum Gasteiger partial charge on any atom is -0.506 e. The van der Waals surface area contributed by atoms with Gasteiger partial charge < -0.3 is 10.1 Å². The van der Waals surface area contributed by atoms with Crippen LogP contribution in [0.5, 0.6) is 5.75 Å². The predicted octanol–water partition coefficient (Wildman–Crippen LogP) is 5.15. The lowest BCUT2D eigenvalue weighted by molar-refractivity contribution is 0.103. The Morgan fingerprint density at radius 2 is 1.68 bits per heavy atom. The summed E-state index contributed by atoms with van der Waals surface area (Å²) in [5.74, 6) is -0.699. The number of nitrogens with one attached hydrogen (secondary N) is 1. The number of carbonyl (C=O) groups is 1. The summed E-state index contributed by atoms with van der Waals surface area (Å²) >= 11 is 0. The number of hydrogen-bond donors (Lipinski definition) is 2. The van der Waals surface area contributed by atoms with E-state index in [0.717, 1.165) is 30.4 Å². The molecule has 0 aliphatic carbocycles. The second-order valence-corrected chi connectivity index (χ2v) is 7.25. The number of aromatic amines is 1. The van der Waals surface area contributed by atoms with Crippen LogP contribution in [0.25, 0.3) is 10.9 Å². The molecule has 0 aliphatic heterocycles. The van der Waals surface area contributed by atoms with E-state index in [2.05, 4.69) is 11.9 Å². The molecule has 0 spiro atoms. The molecule has 2 N–H and O–H groups in total. The molecule has 0 radical (unpaired) electrons. The topological polar surface area (TPSA) is 70.2 Å². The number of rotatable bonds is 8. The van der Waals surface area contributed by atoms with Gasteiger partial charge in [0.2, 0.25) is 5.78 Å². The van der Waals surface area contributed by atoms with Crippen LogP contribution in [0.2, 0.25) is 0 Å². The molecular weight excluding hydrogens is 350 g/mol. The lowest BCUT2D eigenvalue weighted by Gasteiger charge is -2.09. The fourth-order valence-electron chi connectivity index (χ4n) is 3.48. The number of hydrogen-bond acceptors (Lipinski definition) is 3. The molecule has 1 heterocycles. The van der Waals surface area contributed by atoms with E-state index >= 15 is 0 Å².